The topological polar surface area (TPSA) is 29.8 Å². The lowest BCUT2D eigenvalue weighted by molar-refractivity contribution is -0.137. The van der Waals surface area contributed by atoms with E-state index in [4.69, 9.17) is 4.74 Å². The summed E-state index contributed by atoms with van der Waals surface area (Å²) in [5.74, 6) is 0. The van der Waals surface area contributed by atoms with Crippen LogP contribution in [0.4, 0.5) is 13.2 Å². The molecule has 0 bridgehead atoms. The highest BCUT2D eigenvalue weighted by atomic mass is 19.4. The van der Waals surface area contributed by atoms with Gasteiger partial charge < -0.3 is 9.30 Å². The van der Waals surface area contributed by atoms with Crippen LogP contribution in [0, 0.1) is 13.8 Å². The van der Waals surface area contributed by atoms with E-state index in [0.29, 0.717) is 18.9 Å². The van der Waals surface area contributed by atoms with Crippen LogP contribution in [0.2, 0.25) is 0 Å². The summed E-state index contributed by atoms with van der Waals surface area (Å²) in [4.78, 5) is 0. The van der Waals surface area contributed by atoms with Crippen molar-refractivity contribution in [1.82, 2.24) is 9.58 Å². The number of alkyl halides is 3. The van der Waals surface area contributed by atoms with Gasteiger partial charge in [0, 0.05) is 22.6 Å². The van der Waals surface area contributed by atoms with E-state index >= 15 is 0 Å². The summed E-state index contributed by atoms with van der Waals surface area (Å²) in [5, 5.41) is 6.38. The molecule has 134 valence electrons. The van der Waals surface area contributed by atoms with Crippen molar-refractivity contribution in [3.8, 4) is 5.69 Å². The maximum Gasteiger partial charge on any atom is 0.416 e. The number of nitrogens with zero attached hydrogens (tertiary/aromatic N) is 3. The van der Waals surface area contributed by atoms with E-state index in [2.05, 4.69) is 5.10 Å². The van der Waals surface area contributed by atoms with Gasteiger partial charge in [-0.3, -0.25) is 5.01 Å². The predicted molar refractivity (Wildman–Crippen MR) is 90.2 cm³/mol. The van der Waals surface area contributed by atoms with Gasteiger partial charge in [-0.15, -0.1) is 0 Å². The molecule has 0 unspecified atom stereocenters. The molecule has 1 aliphatic heterocycles. The molecule has 0 aliphatic carbocycles. The zero-order chi connectivity index (χ0) is 18.0. The molecule has 1 aromatic carbocycles. The lowest BCUT2D eigenvalue weighted by Gasteiger charge is -2.23. The van der Waals surface area contributed by atoms with Crippen molar-refractivity contribution in [3.63, 3.8) is 0 Å². The fourth-order valence-corrected chi connectivity index (χ4v) is 2.95. The van der Waals surface area contributed by atoms with Crippen molar-refractivity contribution in [2.45, 2.75) is 20.0 Å². The molecule has 1 fully saturated rings. The summed E-state index contributed by atoms with van der Waals surface area (Å²) >= 11 is 0. The first kappa shape index (κ1) is 17.5. The number of hydrogen-bond acceptors (Lipinski definition) is 3. The lowest BCUT2D eigenvalue weighted by Crippen LogP contribution is -2.32. The van der Waals surface area contributed by atoms with Crippen molar-refractivity contribution in [2.24, 2.45) is 5.10 Å². The van der Waals surface area contributed by atoms with E-state index < -0.39 is 11.7 Å². The molecule has 0 radical (unpaired) electrons. The van der Waals surface area contributed by atoms with Gasteiger partial charge in [0.05, 0.1) is 38.1 Å². The highest BCUT2D eigenvalue weighted by molar-refractivity contribution is 5.82. The van der Waals surface area contributed by atoms with Crippen LogP contribution in [0.3, 0.4) is 0 Å². The summed E-state index contributed by atoms with van der Waals surface area (Å²) in [6.07, 6.45) is -2.59. The number of benzene rings is 1. The van der Waals surface area contributed by atoms with Gasteiger partial charge in [0.15, 0.2) is 0 Å². The average Bonchev–Trinajstić information content (AvgIpc) is 2.87. The molecular formula is C18H20F3N3O. The lowest BCUT2D eigenvalue weighted by atomic mass is 10.2. The second-order valence-electron chi connectivity index (χ2n) is 6.02. The maximum atomic E-state index is 13.0. The van der Waals surface area contributed by atoms with Gasteiger partial charge in [-0.2, -0.15) is 18.3 Å². The minimum absolute atomic E-state index is 0.496. The molecule has 3 rings (SSSR count). The number of halogens is 3. The normalized spacial score (nSPS) is 16.0. The summed E-state index contributed by atoms with van der Waals surface area (Å²) < 4.78 is 46.0. The third kappa shape index (κ3) is 3.87. The van der Waals surface area contributed by atoms with Gasteiger partial charge in [-0.05, 0) is 38.1 Å². The molecule has 0 N–H and O–H groups in total. The quantitative estimate of drug-likeness (QED) is 0.788. The van der Waals surface area contributed by atoms with Crippen LogP contribution in [0.1, 0.15) is 22.5 Å². The molecule has 7 heteroatoms. The minimum atomic E-state index is -4.36. The third-order valence-corrected chi connectivity index (χ3v) is 4.25. The van der Waals surface area contributed by atoms with Gasteiger partial charge in [0.1, 0.15) is 0 Å². The average molecular weight is 351 g/mol. The molecule has 2 aromatic rings. The zero-order valence-electron chi connectivity index (χ0n) is 14.2. The van der Waals surface area contributed by atoms with E-state index in [0.717, 1.165) is 36.1 Å². The number of hydrogen-bond donors (Lipinski definition) is 0. The smallest absolute Gasteiger partial charge is 0.378 e. The number of aromatic nitrogens is 1. The molecule has 1 saturated heterocycles. The molecule has 4 nitrogen and oxygen atoms in total. The van der Waals surface area contributed by atoms with Crippen LogP contribution in [0.15, 0.2) is 35.4 Å². The molecule has 25 heavy (non-hydrogen) atoms. The summed E-state index contributed by atoms with van der Waals surface area (Å²) in [6, 6.07) is 7.29. The van der Waals surface area contributed by atoms with Crippen molar-refractivity contribution in [3.05, 3.63) is 52.8 Å². The van der Waals surface area contributed by atoms with Gasteiger partial charge in [0.2, 0.25) is 0 Å². The number of hydrazone groups is 1. The van der Waals surface area contributed by atoms with Crippen molar-refractivity contribution in [1.29, 1.82) is 0 Å². The summed E-state index contributed by atoms with van der Waals surface area (Å²) in [5.41, 5.74) is 2.45. The molecule has 2 heterocycles. The van der Waals surface area contributed by atoms with E-state index in [9.17, 15) is 13.2 Å². The molecule has 1 aliphatic rings. The molecule has 0 spiro atoms. The SMILES string of the molecule is Cc1cc(/C=N\N2CCOCC2)c(C)n1-c1cccc(C(F)(F)F)c1. The van der Waals surface area contributed by atoms with Crippen LogP contribution in [-0.2, 0) is 10.9 Å². The van der Waals surface area contributed by atoms with Gasteiger partial charge in [-0.1, -0.05) is 6.07 Å². The third-order valence-electron chi connectivity index (χ3n) is 4.25. The van der Waals surface area contributed by atoms with Crippen LogP contribution < -0.4 is 0 Å². The number of morpholine rings is 1. The highest BCUT2D eigenvalue weighted by Gasteiger charge is 2.30. The Morgan fingerprint density at radius 3 is 2.52 bits per heavy atom. The molecule has 0 saturated carbocycles. The first-order valence-corrected chi connectivity index (χ1v) is 8.09. The summed E-state index contributed by atoms with van der Waals surface area (Å²) in [7, 11) is 0. The van der Waals surface area contributed by atoms with Crippen molar-refractivity contribution >= 4 is 6.21 Å². The van der Waals surface area contributed by atoms with Crippen molar-refractivity contribution < 1.29 is 17.9 Å². The van der Waals surface area contributed by atoms with Gasteiger partial charge in [0.25, 0.3) is 0 Å². The monoisotopic (exact) mass is 351 g/mol. The molecule has 0 atom stereocenters. The Balaban J connectivity index is 1.91. The van der Waals surface area contributed by atoms with E-state index in [1.54, 1.807) is 12.3 Å². The largest absolute Gasteiger partial charge is 0.416 e. The Morgan fingerprint density at radius 2 is 1.84 bits per heavy atom. The predicted octanol–water partition coefficient (Wildman–Crippen LogP) is 3.78. The number of rotatable bonds is 3. The van der Waals surface area contributed by atoms with Crippen LogP contribution in [0.25, 0.3) is 5.69 Å². The van der Waals surface area contributed by atoms with Crippen LogP contribution >= 0.6 is 0 Å². The minimum Gasteiger partial charge on any atom is -0.378 e. The van der Waals surface area contributed by atoms with Gasteiger partial charge >= 0.3 is 6.18 Å². The van der Waals surface area contributed by atoms with E-state index in [1.165, 1.54) is 12.1 Å². The Bertz CT molecular complexity index is 774. The zero-order valence-corrected chi connectivity index (χ0v) is 14.2. The fraction of sp³-hybridized carbons (Fsp3) is 0.389. The van der Waals surface area contributed by atoms with Crippen LogP contribution in [0.5, 0.6) is 0 Å². The Labute approximate surface area is 144 Å². The highest BCUT2D eigenvalue weighted by Crippen LogP contribution is 2.31. The molecule has 1 aromatic heterocycles. The second-order valence-corrected chi connectivity index (χ2v) is 6.02. The maximum absolute atomic E-state index is 13.0. The standard InChI is InChI=1S/C18H20F3N3O/c1-13-10-15(12-22-23-6-8-25-9-7-23)14(2)24(13)17-5-3-4-16(11-17)18(19,20)21/h3-5,10-12H,6-9H2,1-2H3/b22-12-. The molecular weight excluding hydrogens is 331 g/mol. The Hall–Kier alpha value is -2.28. The first-order chi connectivity index (χ1) is 11.9. The van der Waals surface area contributed by atoms with E-state index in [-0.39, 0.29) is 0 Å². The van der Waals surface area contributed by atoms with Crippen LogP contribution in [-0.4, -0.2) is 42.1 Å². The van der Waals surface area contributed by atoms with E-state index in [1.807, 2.05) is 29.5 Å². The summed E-state index contributed by atoms with van der Waals surface area (Å²) in [6.45, 7) is 6.54. The fourth-order valence-electron chi connectivity index (χ4n) is 2.95. The molecule has 0 amide bonds. The second kappa shape index (κ2) is 6.92. The number of ether oxygens (including phenoxy) is 1. The van der Waals surface area contributed by atoms with Gasteiger partial charge in [-0.25, -0.2) is 0 Å². The van der Waals surface area contributed by atoms with Crippen molar-refractivity contribution in [2.75, 3.05) is 26.3 Å². The Kier molecular flexibility index (Phi) is 4.85. The number of aryl methyl sites for hydroxylation is 1. The Morgan fingerprint density at radius 1 is 1.12 bits per heavy atom. The first-order valence-electron chi connectivity index (χ1n) is 8.09.